The molecule has 1 aliphatic rings. The number of hydrogen-bond acceptors (Lipinski definition) is 3. The second-order valence-corrected chi connectivity index (χ2v) is 5.23. The lowest BCUT2D eigenvalue weighted by Gasteiger charge is -2.41. The van der Waals surface area contributed by atoms with Crippen LogP contribution in [-0.2, 0) is 9.53 Å². The van der Waals surface area contributed by atoms with Gasteiger partial charge in [-0.15, -0.1) is 0 Å². The Kier molecular flexibility index (Phi) is 4.33. The summed E-state index contributed by atoms with van der Waals surface area (Å²) >= 11 is 0. The zero-order valence-electron chi connectivity index (χ0n) is 10.8. The summed E-state index contributed by atoms with van der Waals surface area (Å²) in [6, 6.07) is 0.172. The Balaban J connectivity index is 2.75. The van der Waals surface area contributed by atoms with Crippen LogP contribution >= 0.6 is 0 Å². The molecule has 0 bridgehead atoms. The van der Waals surface area contributed by atoms with Gasteiger partial charge in [-0.1, -0.05) is 6.92 Å². The third kappa shape index (κ3) is 2.74. The number of carbonyl (C=O) groups excluding carboxylic acids is 1. The van der Waals surface area contributed by atoms with Crippen molar-refractivity contribution < 1.29 is 9.53 Å². The van der Waals surface area contributed by atoms with Crippen LogP contribution in [0.25, 0.3) is 0 Å². The van der Waals surface area contributed by atoms with E-state index in [4.69, 9.17) is 10.5 Å². The van der Waals surface area contributed by atoms with Crippen molar-refractivity contribution in [2.75, 3.05) is 20.2 Å². The molecular formula is C12H24N2O2. The molecule has 1 rings (SSSR count). The lowest BCUT2D eigenvalue weighted by molar-refractivity contribution is -0.155. The number of likely N-dealkylation sites (tertiary alicyclic amines) is 1. The van der Waals surface area contributed by atoms with Crippen LogP contribution in [0.4, 0.5) is 0 Å². The highest BCUT2D eigenvalue weighted by Crippen LogP contribution is 2.25. The van der Waals surface area contributed by atoms with Crippen molar-refractivity contribution in [2.45, 2.75) is 45.3 Å². The smallest absolute Gasteiger partial charge is 0.254 e. The highest BCUT2D eigenvalue weighted by molar-refractivity contribution is 5.84. The summed E-state index contributed by atoms with van der Waals surface area (Å²) in [5.41, 5.74) is 5.00. The summed E-state index contributed by atoms with van der Waals surface area (Å²) in [7, 11) is 1.57. The fourth-order valence-corrected chi connectivity index (χ4v) is 2.18. The molecule has 2 unspecified atom stereocenters. The third-order valence-electron chi connectivity index (χ3n) is 3.54. The minimum atomic E-state index is -0.742. The maximum Gasteiger partial charge on any atom is 0.254 e. The van der Waals surface area contributed by atoms with Crippen LogP contribution in [0.2, 0.25) is 0 Å². The average Bonchev–Trinajstić information content (AvgIpc) is 2.27. The zero-order chi connectivity index (χ0) is 12.3. The first-order valence-electron chi connectivity index (χ1n) is 5.98. The quantitative estimate of drug-likeness (QED) is 0.784. The van der Waals surface area contributed by atoms with Gasteiger partial charge in [-0.3, -0.25) is 4.79 Å². The summed E-state index contributed by atoms with van der Waals surface area (Å²) in [4.78, 5) is 14.2. The van der Waals surface area contributed by atoms with Crippen molar-refractivity contribution >= 4 is 5.91 Å². The van der Waals surface area contributed by atoms with Crippen molar-refractivity contribution in [2.24, 2.45) is 11.7 Å². The molecule has 1 fully saturated rings. The molecule has 0 aromatic rings. The first-order valence-corrected chi connectivity index (χ1v) is 5.98. The minimum Gasteiger partial charge on any atom is -0.369 e. The molecule has 1 amide bonds. The SMILES string of the molecule is COC(C)(C)C(=O)N1CCC(C)CC1CN. The number of rotatable bonds is 3. The Hall–Kier alpha value is -0.610. The van der Waals surface area contributed by atoms with Gasteiger partial charge in [-0.25, -0.2) is 0 Å². The number of ether oxygens (including phenoxy) is 1. The van der Waals surface area contributed by atoms with E-state index in [1.807, 2.05) is 4.90 Å². The zero-order valence-corrected chi connectivity index (χ0v) is 10.8. The first kappa shape index (κ1) is 13.5. The Bertz CT molecular complexity index is 253. The minimum absolute atomic E-state index is 0.0531. The number of nitrogens with two attached hydrogens (primary N) is 1. The van der Waals surface area contributed by atoms with Crippen molar-refractivity contribution in [3.8, 4) is 0 Å². The van der Waals surface area contributed by atoms with E-state index in [1.54, 1.807) is 21.0 Å². The van der Waals surface area contributed by atoms with Crippen molar-refractivity contribution in [1.82, 2.24) is 4.90 Å². The molecule has 16 heavy (non-hydrogen) atoms. The Labute approximate surface area is 98.1 Å². The third-order valence-corrected chi connectivity index (χ3v) is 3.54. The van der Waals surface area contributed by atoms with Gasteiger partial charge in [0.2, 0.25) is 0 Å². The topological polar surface area (TPSA) is 55.6 Å². The molecule has 0 saturated carbocycles. The molecular weight excluding hydrogens is 204 g/mol. The maximum atomic E-state index is 12.3. The molecule has 2 N–H and O–H groups in total. The van der Waals surface area contributed by atoms with Gasteiger partial charge in [0.25, 0.3) is 5.91 Å². The van der Waals surface area contributed by atoms with E-state index in [0.29, 0.717) is 12.5 Å². The lowest BCUT2D eigenvalue weighted by atomic mass is 9.91. The van der Waals surface area contributed by atoms with E-state index in [0.717, 1.165) is 19.4 Å². The second-order valence-electron chi connectivity index (χ2n) is 5.23. The van der Waals surface area contributed by atoms with Crippen molar-refractivity contribution in [1.29, 1.82) is 0 Å². The summed E-state index contributed by atoms with van der Waals surface area (Å²) in [5, 5.41) is 0. The summed E-state index contributed by atoms with van der Waals surface area (Å²) in [6.45, 7) is 7.17. The number of methoxy groups -OCH3 is 1. The van der Waals surface area contributed by atoms with E-state index in [2.05, 4.69) is 6.92 Å². The molecule has 1 heterocycles. The molecule has 0 spiro atoms. The largest absolute Gasteiger partial charge is 0.369 e. The Morgan fingerprint density at radius 2 is 2.19 bits per heavy atom. The standard InChI is InChI=1S/C12H24N2O2/c1-9-5-6-14(10(7-9)8-13)11(15)12(2,3)16-4/h9-10H,5-8,13H2,1-4H3. The van der Waals surface area contributed by atoms with E-state index >= 15 is 0 Å². The van der Waals surface area contributed by atoms with Crippen LogP contribution in [-0.4, -0.2) is 42.6 Å². The molecule has 2 atom stereocenters. The van der Waals surface area contributed by atoms with Crippen LogP contribution in [0.15, 0.2) is 0 Å². The number of hydrogen-bond donors (Lipinski definition) is 1. The van der Waals surface area contributed by atoms with Crippen LogP contribution in [0, 0.1) is 5.92 Å². The summed E-state index contributed by atoms with van der Waals surface area (Å²) < 4.78 is 5.24. The van der Waals surface area contributed by atoms with Gasteiger partial charge >= 0.3 is 0 Å². The molecule has 4 nitrogen and oxygen atoms in total. The normalized spacial score (nSPS) is 26.9. The molecule has 0 aromatic heterocycles. The van der Waals surface area contributed by atoms with Gasteiger partial charge in [0.15, 0.2) is 0 Å². The van der Waals surface area contributed by atoms with Gasteiger partial charge < -0.3 is 15.4 Å². The highest BCUT2D eigenvalue weighted by atomic mass is 16.5. The van der Waals surface area contributed by atoms with Crippen LogP contribution < -0.4 is 5.73 Å². The highest BCUT2D eigenvalue weighted by Gasteiger charge is 2.37. The first-order chi connectivity index (χ1) is 7.42. The van der Waals surface area contributed by atoms with E-state index in [9.17, 15) is 4.79 Å². The van der Waals surface area contributed by atoms with Crippen molar-refractivity contribution in [3.05, 3.63) is 0 Å². The Morgan fingerprint density at radius 3 is 2.69 bits per heavy atom. The predicted molar refractivity (Wildman–Crippen MR) is 64.0 cm³/mol. The van der Waals surface area contributed by atoms with Gasteiger partial charge in [0.1, 0.15) is 5.60 Å². The summed E-state index contributed by atoms with van der Waals surface area (Å²) in [5.74, 6) is 0.709. The molecule has 0 radical (unpaired) electrons. The van der Waals surface area contributed by atoms with Crippen LogP contribution in [0.3, 0.4) is 0 Å². The lowest BCUT2D eigenvalue weighted by Crippen LogP contribution is -2.55. The predicted octanol–water partition coefficient (Wildman–Crippen LogP) is 0.997. The molecule has 1 saturated heterocycles. The van der Waals surface area contributed by atoms with E-state index < -0.39 is 5.60 Å². The second kappa shape index (κ2) is 5.15. The number of nitrogens with zero attached hydrogens (tertiary/aromatic N) is 1. The Morgan fingerprint density at radius 1 is 1.56 bits per heavy atom. The van der Waals surface area contributed by atoms with E-state index in [-0.39, 0.29) is 11.9 Å². The van der Waals surface area contributed by atoms with Gasteiger partial charge in [0, 0.05) is 26.2 Å². The van der Waals surface area contributed by atoms with Gasteiger partial charge in [-0.05, 0) is 32.6 Å². The monoisotopic (exact) mass is 228 g/mol. The van der Waals surface area contributed by atoms with Crippen LogP contribution in [0.5, 0.6) is 0 Å². The molecule has 0 aliphatic carbocycles. The number of piperidine rings is 1. The van der Waals surface area contributed by atoms with Gasteiger partial charge in [0.05, 0.1) is 0 Å². The number of carbonyl (C=O) groups is 1. The molecule has 0 aromatic carbocycles. The fourth-order valence-electron chi connectivity index (χ4n) is 2.18. The fraction of sp³-hybridized carbons (Fsp3) is 0.917. The van der Waals surface area contributed by atoms with E-state index in [1.165, 1.54) is 0 Å². The molecule has 1 aliphatic heterocycles. The maximum absolute atomic E-state index is 12.3. The summed E-state index contributed by atoms with van der Waals surface area (Å²) in [6.07, 6.45) is 2.06. The average molecular weight is 228 g/mol. The van der Waals surface area contributed by atoms with Crippen molar-refractivity contribution in [3.63, 3.8) is 0 Å². The van der Waals surface area contributed by atoms with Crippen LogP contribution in [0.1, 0.15) is 33.6 Å². The molecule has 94 valence electrons. The van der Waals surface area contributed by atoms with Gasteiger partial charge in [-0.2, -0.15) is 0 Å². The molecule has 4 heteroatoms. The number of amides is 1.